The fraction of sp³-hybridized carbons (Fsp3) is 0.263. The Hall–Kier alpha value is -2.41. The van der Waals surface area contributed by atoms with Crippen LogP contribution in [-0.4, -0.2) is 29.4 Å². The van der Waals surface area contributed by atoms with Crippen molar-refractivity contribution in [2.45, 2.75) is 25.4 Å². The minimum atomic E-state index is -0.521. The maximum absolute atomic E-state index is 13.8. The Balaban J connectivity index is 1.63. The van der Waals surface area contributed by atoms with Gasteiger partial charge in [-0.1, -0.05) is 28.1 Å². The van der Waals surface area contributed by atoms with E-state index in [2.05, 4.69) is 15.9 Å². The number of carbonyl (C=O) groups excluding carboxylic acids is 2. The van der Waals surface area contributed by atoms with Gasteiger partial charge in [-0.2, -0.15) is 0 Å². The first kappa shape index (κ1) is 18.4. The lowest BCUT2D eigenvalue weighted by molar-refractivity contribution is -0.134. The molecule has 1 aliphatic rings. The number of nitrogens with two attached hydrogens (primary N) is 1. The fourth-order valence-corrected chi connectivity index (χ4v) is 2.93. The molecule has 0 spiro atoms. The summed E-state index contributed by atoms with van der Waals surface area (Å²) in [5.41, 5.74) is 6.55. The number of benzene rings is 2. The lowest BCUT2D eigenvalue weighted by Gasteiger charge is -2.23. The van der Waals surface area contributed by atoms with E-state index in [1.807, 2.05) is 0 Å². The molecular weight excluding hydrogens is 403 g/mol. The lowest BCUT2D eigenvalue weighted by atomic mass is 10.1. The average molecular weight is 421 g/mol. The molecule has 1 fully saturated rings. The molecule has 2 aromatic rings. The van der Waals surface area contributed by atoms with E-state index >= 15 is 0 Å². The Bertz CT molecular complexity index is 822. The Morgan fingerprint density at radius 3 is 2.46 bits per heavy atom. The molecule has 0 radical (unpaired) electrons. The van der Waals surface area contributed by atoms with Crippen LogP contribution in [0.5, 0.6) is 5.75 Å². The molecule has 7 heteroatoms. The quantitative estimate of drug-likeness (QED) is 0.746. The summed E-state index contributed by atoms with van der Waals surface area (Å²) in [6.45, 7) is 0.184. The van der Waals surface area contributed by atoms with E-state index in [0.29, 0.717) is 16.6 Å². The monoisotopic (exact) mass is 420 g/mol. The molecule has 1 aliphatic carbocycles. The lowest BCUT2D eigenvalue weighted by Crippen LogP contribution is -2.36. The van der Waals surface area contributed by atoms with Crippen LogP contribution in [0.2, 0.25) is 0 Å². The number of carbonyl (C=O) groups is 2. The number of halogens is 2. The Morgan fingerprint density at radius 2 is 1.88 bits per heavy atom. The molecule has 0 unspecified atom stereocenters. The van der Waals surface area contributed by atoms with E-state index in [1.54, 1.807) is 35.2 Å². The van der Waals surface area contributed by atoms with Crippen molar-refractivity contribution in [2.75, 3.05) is 6.61 Å². The van der Waals surface area contributed by atoms with Crippen molar-refractivity contribution in [1.82, 2.24) is 4.90 Å². The summed E-state index contributed by atoms with van der Waals surface area (Å²) >= 11 is 3.18. The van der Waals surface area contributed by atoms with Crippen molar-refractivity contribution in [2.24, 2.45) is 5.73 Å². The second-order valence-corrected chi connectivity index (χ2v) is 7.09. The van der Waals surface area contributed by atoms with Crippen molar-refractivity contribution in [3.8, 4) is 5.75 Å². The summed E-state index contributed by atoms with van der Waals surface area (Å²) in [5.74, 6) is -1.17. The maximum atomic E-state index is 13.8. The maximum Gasteiger partial charge on any atom is 0.261 e. The van der Waals surface area contributed by atoms with Gasteiger partial charge in [0.2, 0.25) is 5.91 Å². The van der Waals surface area contributed by atoms with Crippen molar-refractivity contribution < 1.29 is 18.7 Å². The zero-order valence-corrected chi connectivity index (χ0v) is 15.5. The molecule has 5 nitrogen and oxygen atoms in total. The number of ether oxygens (including phenoxy) is 1. The van der Waals surface area contributed by atoms with Crippen LogP contribution in [-0.2, 0) is 11.3 Å². The highest BCUT2D eigenvalue weighted by atomic mass is 79.9. The van der Waals surface area contributed by atoms with Gasteiger partial charge in [-0.3, -0.25) is 9.59 Å². The summed E-state index contributed by atoms with van der Waals surface area (Å²) in [4.78, 5) is 25.4. The minimum absolute atomic E-state index is 0.0445. The zero-order valence-electron chi connectivity index (χ0n) is 14.0. The summed E-state index contributed by atoms with van der Waals surface area (Å²) in [6.07, 6.45) is 1.88. The van der Waals surface area contributed by atoms with E-state index in [1.165, 1.54) is 12.1 Å². The van der Waals surface area contributed by atoms with Gasteiger partial charge in [0, 0.05) is 22.6 Å². The molecule has 0 aromatic heterocycles. The van der Waals surface area contributed by atoms with Crippen LogP contribution in [0.1, 0.15) is 28.8 Å². The molecule has 2 N–H and O–H groups in total. The summed E-state index contributed by atoms with van der Waals surface area (Å²) in [5, 5.41) is 0. The highest BCUT2D eigenvalue weighted by molar-refractivity contribution is 9.10. The summed E-state index contributed by atoms with van der Waals surface area (Å²) in [6, 6.07) is 11.4. The predicted molar refractivity (Wildman–Crippen MR) is 98.1 cm³/mol. The van der Waals surface area contributed by atoms with Crippen LogP contribution in [0.4, 0.5) is 4.39 Å². The summed E-state index contributed by atoms with van der Waals surface area (Å²) < 4.78 is 19.8. The van der Waals surface area contributed by atoms with Crippen LogP contribution in [0, 0.1) is 5.82 Å². The first-order valence-electron chi connectivity index (χ1n) is 8.20. The predicted octanol–water partition coefficient (Wildman–Crippen LogP) is 3.26. The third kappa shape index (κ3) is 4.60. The van der Waals surface area contributed by atoms with Gasteiger partial charge in [0.05, 0.1) is 0 Å². The van der Waals surface area contributed by atoms with Crippen LogP contribution < -0.4 is 10.5 Å². The Labute approximate surface area is 159 Å². The van der Waals surface area contributed by atoms with E-state index in [0.717, 1.165) is 18.4 Å². The third-order valence-corrected chi connectivity index (χ3v) is 4.64. The topological polar surface area (TPSA) is 72.6 Å². The largest absolute Gasteiger partial charge is 0.481 e. The van der Waals surface area contributed by atoms with Gasteiger partial charge in [-0.15, -0.1) is 0 Å². The zero-order chi connectivity index (χ0) is 18.7. The van der Waals surface area contributed by atoms with Gasteiger partial charge in [0.1, 0.15) is 0 Å². The van der Waals surface area contributed by atoms with E-state index < -0.39 is 11.7 Å². The number of primary amides is 1. The fourth-order valence-electron chi connectivity index (χ4n) is 2.59. The van der Waals surface area contributed by atoms with Crippen LogP contribution in [0.25, 0.3) is 0 Å². The Morgan fingerprint density at radius 1 is 1.19 bits per heavy atom. The molecule has 0 saturated heterocycles. The number of hydrogen-bond acceptors (Lipinski definition) is 3. The second kappa shape index (κ2) is 7.86. The minimum Gasteiger partial charge on any atom is -0.481 e. The highest BCUT2D eigenvalue weighted by Crippen LogP contribution is 2.29. The van der Waals surface area contributed by atoms with Crippen LogP contribution >= 0.6 is 15.9 Å². The molecule has 3 rings (SSSR count). The standard InChI is InChI=1S/C19H18BrFN2O3/c20-14-5-8-17(16(21)9-14)26-11-18(24)23(15-6-7-15)10-12-1-3-13(4-2-12)19(22)25/h1-5,8-9,15H,6-7,10-11H2,(H2,22,25). The van der Waals surface area contributed by atoms with Crippen LogP contribution in [0.15, 0.2) is 46.9 Å². The number of rotatable bonds is 7. The normalized spacial score (nSPS) is 13.3. The smallest absolute Gasteiger partial charge is 0.261 e. The van der Waals surface area contributed by atoms with Crippen molar-refractivity contribution in [3.05, 3.63) is 63.9 Å². The molecule has 2 amide bonds. The highest BCUT2D eigenvalue weighted by Gasteiger charge is 2.32. The summed E-state index contributed by atoms with van der Waals surface area (Å²) in [7, 11) is 0. The van der Waals surface area contributed by atoms with Crippen molar-refractivity contribution >= 4 is 27.7 Å². The molecule has 0 atom stereocenters. The van der Waals surface area contributed by atoms with Crippen molar-refractivity contribution in [1.29, 1.82) is 0 Å². The molecule has 136 valence electrons. The van der Waals surface area contributed by atoms with Gasteiger partial charge in [0.15, 0.2) is 18.2 Å². The molecule has 0 heterocycles. The van der Waals surface area contributed by atoms with Gasteiger partial charge in [0.25, 0.3) is 5.91 Å². The van der Waals surface area contributed by atoms with Crippen molar-refractivity contribution in [3.63, 3.8) is 0 Å². The SMILES string of the molecule is NC(=O)c1ccc(CN(C(=O)COc2ccc(Br)cc2F)C2CC2)cc1. The van der Waals surface area contributed by atoms with E-state index in [-0.39, 0.29) is 24.3 Å². The first-order chi connectivity index (χ1) is 12.4. The Kier molecular flexibility index (Phi) is 5.56. The number of hydrogen-bond donors (Lipinski definition) is 1. The molecular formula is C19H18BrFN2O3. The van der Waals surface area contributed by atoms with Gasteiger partial charge in [-0.05, 0) is 48.7 Å². The average Bonchev–Trinajstić information content (AvgIpc) is 3.44. The molecule has 0 aliphatic heterocycles. The molecule has 26 heavy (non-hydrogen) atoms. The number of amides is 2. The van der Waals surface area contributed by atoms with Crippen LogP contribution in [0.3, 0.4) is 0 Å². The van der Waals surface area contributed by atoms with E-state index in [9.17, 15) is 14.0 Å². The van der Waals surface area contributed by atoms with Gasteiger partial charge >= 0.3 is 0 Å². The number of nitrogens with zero attached hydrogens (tertiary/aromatic N) is 1. The van der Waals surface area contributed by atoms with Gasteiger partial charge < -0.3 is 15.4 Å². The molecule has 2 aromatic carbocycles. The third-order valence-electron chi connectivity index (χ3n) is 4.14. The molecule has 1 saturated carbocycles. The second-order valence-electron chi connectivity index (χ2n) is 6.18. The van der Waals surface area contributed by atoms with E-state index in [4.69, 9.17) is 10.5 Å². The van der Waals surface area contributed by atoms with Gasteiger partial charge in [-0.25, -0.2) is 4.39 Å². The first-order valence-corrected chi connectivity index (χ1v) is 8.99. The molecule has 0 bridgehead atoms.